The van der Waals surface area contributed by atoms with Crippen LogP contribution in [0.4, 0.5) is 0 Å². The van der Waals surface area contributed by atoms with E-state index in [1.54, 1.807) is 6.07 Å². The van der Waals surface area contributed by atoms with Crippen molar-refractivity contribution in [2.75, 3.05) is 6.61 Å². The van der Waals surface area contributed by atoms with Gasteiger partial charge in [-0.25, -0.2) is 4.79 Å². The minimum atomic E-state index is -1.00. The summed E-state index contributed by atoms with van der Waals surface area (Å²) in [5.74, 6) is -0.764. The standard InChI is InChI=1S/C15H23NO4S/c1-9(2)16-12(17)6-7-20-10-8-11(15(3,4)5)21-13(10)14(18)19/h8-9H,6-7H2,1-5H3,(H,16,17)(H,18,19). The summed E-state index contributed by atoms with van der Waals surface area (Å²) in [6.07, 6.45) is 0.206. The summed E-state index contributed by atoms with van der Waals surface area (Å²) in [7, 11) is 0. The van der Waals surface area contributed by atoms with Gasteiger partial charge in [0.1, 0.15) is 5.75 Å². The van der Waals surface area contributed by atoms with Crippen LogP contribution in [0.2, 0.25) is 0 Å². The Hall–Kier alpha value is -1.56. The van der Waals surface area contributed by atoms with Gasteiger partial charge in [-0.1, -0.05) is 20.8 Å². The predicted octanol–water partition coefficient (Wildman–Crippen LogP) is 3.04. The molecule has 6 heteroatoms. The molecular formula is C15H23NO4S. The van der Waals surface area contributed by atoms with Crippen LogP contribution < -0.4 is 10.1 Å². The molecule has 0 fully saturated rings. The van der Waals surface area contributed by atoms with Crippen molar-refractivity contribution in [2.24, 2.45) is 0 Å². The van der Waals surface area contributed by atoms with E-state index >= 15 is 0 Å². The Balaban J connectivity index is 2.72. The van der Waals surface area contributed by atoms with Crippen LogP contribution in [0.15, 0.2) is 6.07 Å². The average Bonchev–Trinajstić information content (AvgIpc) is 2.71. The Labute approximate surface area is 129 Å². The topological polar surface area (TPSA) is 75.6 Å². The summed E-state index contributed by atoms with van der Waals surface area (Å²) >= 11 is 1.22. The third-order valence-electron chi connectivity index (χ3n) is 2.67. The number of ether oxygens (including phenoxy) is 1. The maximum Gasteiger partial charge on any atom is 0.349 e. The van der Waals surface area contributed by atoms with Crippen LogP contribution in [0, 0.1) is 0 Å². The molecule has 2 N–H and O–H groups in total. The minimum absolute atomic E-state index is 0.0840. The van der Waals surface area contributed by atoms with Crippen LogP contribution in [-0.2, 0) is 10.2 Å². The molecule has 0 spiro atoms. The average molecular weight is 313 g/mol. The molecule has 0 atom stereocenters. The molecular weight excluding hydrogens is 290 g/mol. The van der Waals surface area contributed by atoms with Gasteiger partial charge >= 0.3 is 5.97 Å². The molecule has 0 aliphatic rings. The van der Waals surface area contributed by atoms with E-state index in [2.05, 4.69) is 5.32 Å². The smallest absolute Gasteiger partial charge is 0.349 e. The first-order valence-electron chi connectivity index (χ1n) is 6.91. The fourth-order valence-electron chi connectivity index (χ4n) is 1.65. The molecule has 5 nitrogen and oxygen atoms in total. The highest BCUT2D eigenvalue weighted by molar-refractivity contribution is 7.14. The van der Waals surface area contributed by atoms with Crippen LogP contribution in [0.25, 0.3) is 0 Å². The highest BCUT2D eigenvalue weighted by Crippen LogP contribution is 2.36. The van der Waals surface area contributed by atoms with Crippen molar-refractivity contribution in [3.63, 3.8) is 0 Å². The first-order chi connectivity index (χ1) is 9.61. The molecule has 1 heterocycles. The molecule has 1 rings (SSSR count). The largest absolute Gasteiger partial charge is 0.491 e. The van der Waals surface area contributed by atoms with E-state index in [0.717, 1.165) is 4.88 Å². The van der Waals surface area contributed by atoms with Crippen molar-refractivity contribution in [1.29, 1.82) is 0 Å². The number of thiophene rings is 1. The molecule has 118 valence electrons. The van der Waals surface area contributed by atoms with Gasteiger partial charge in [0.05, 0.1) is 13.0 Å². The van der Waals surface area contributed by atoms with E-state index in [0.29, 0.717) is 5.75 Å². The second kappa shape index (κ2) is 6.93. The molecule has 0 radical (unpaired) electrons. The van der Waals surface area contributed by atoms with E-state index in [4.69, 9.17) is 4.74 Å². The first-order valence-corrected chi connectivity index (χ1v) is 7.72. The number of carbonyl (C=O) groups is 2. The van der Waals surface area contributed by atoms with E-state index in [9.17, 15) is 14.7 Å². The molecule has 0 unspecified atom stereocenters. The number of nitrogens with one attached hydrogen (secondary N) is 1. The SMILES string of the molecule is CC(C)NC(=O)CCOc1cc(C(C)(C)C)sc1C(=O)O. The number of amides is 1. The van der Waals surface area contributed by atoms with Gasteiger partial charge in [-0.15, -0.1) is 11.3 Å². The lowest BCUT2D eigenvalue weighted by molar-refractivity contribution is -0.122. The van der Waals surface area contributed by atoms with Gasteiger partial charge in [-0.05, 0) is 25.3 Å². The number of aromatic carboxylic acids is 1. The molecule has 1 aromatic heterocycles. The molecule has 21 heavy (non-hydrogen) atoms. The monoisotopic (exact) mass is 313 g/mol. The lowest BCUT2D eigenvalue weighted by Crippen LogP contribution is -2.31. The Kier molecular flexibility index (Phi) is 5.78. The van der Waals surface area contributed by atoms with Crippen molar-refractivity contribution < 1.29 is 19.4 Å². The maximum absolute atomic E-state index is 11.5. The third kappa shape index (κ3) is 5.38. The summed E-state index contributed by atoms with van der Waals surface area (Å²) in [5, 5.41) is 12.0. The number of hydrogen-bond acceptors (Lipinski definition) is 4. The quantitative estimate of drug-likeness (QED) is 0.846. The van der Waals surface area contributed by atoms with Crippen molar-refractivity contribution in [2.45, 2.75) is 52.5 Å². The van der Waals surface area contributed by atoms with Crippen molar-refractivity contribution in [3.05, 3.63) is 15.8 Å². The molecule has 0 aliphatic carbocycles. The lowest BCUT2D eigenvalue weighted by Gasteiger charge is -2.15. The lowest BCUT2D eigenvalue weighted by atomic mass is 9.95. The molecule has 0 bridgehead atoms. The van der Waals surface area contributed by atoms with Crippen LogP contribution in [0.1, 0.15) is 55.6 Å². The van der Waals surface area contributed by atoms with Crippen LogP contribution >= 0.6 is 11.3 Å². The second-order valence-electron chi connectivity index (χ2n) is 6.18. The van der Waals surface area contributed by atoms with E-state index in [-0.39, 0.29) is 35.3 Å². The van der Waals surface area contributed by atoms with Crippen LogP contribution in [0.5, 0.6) is 5.75 Å². The van der Waals surface area contributed by atoms with E-state index in [1.165, 1.54) is 11.3 Å². The van der Waals surface area contributed by atoms with Gasteiger partial charge in [-0.2, -0.15) is 0 Å². The number of carbonyl (C=O) groups excluding carboxylic acids is 1. The molecule has 0 aromatic carbocycles. The second-order valence-corrected chi connectivity index (χ2v) is 7.23. The Morgan fingerprint density at radius 2 is 2.00 bits per heavy atom. The summed E-state index contributed by atoms with van der Waals surface area (Å²) in [6.45, 7) is 9.99. The maximum atomic E-state index is 11.5. The number of rotatable bonds is 6. The summed E-state index contributed by atoms with van der Waals surface area (Å²) in [6, 6.07) is 1.84. The molecule has 0 saturated carbocycles. The van der Waals surface area contributed by atoms with Gasteiger partial charge in [-0.3, -0.25) is 4.79 Å². The van der Waals surface area contributed by atoms with E-state index < -0.39 is 5.97 Å². The van der Waals surface area contributed by atoms with Crippen molar-refractivity contribution in [1.82, 2.24) is 5.32 Å². The summed E-state index contributed by atoms with van der Waals surface area (Å²) in [4.78, 5) is 23.9. The fraction of sp³-hybridized carbons (Fsp3) is 0.600. The van der Waals surface area contributed by atoms with Gasteiger partial charge in [0.25, 0.3) is 0 Å². The summed E-state index contributed by atoms with van der Waals surface area (Å²) < 4.78 is 5.50. The number of carboxylic acids is 1. The molecule has 1 aromatic rings. The zero-order valence-corrected chi connectivity index (χ0v) is 14.0. The Morgan fingerprint density at radius 3 is 2.48 bits per heavy atom. The van der Waals surface area contributed by atoms with Crippen LogP contribution in [0.3, 0.4) is 0 Å². The molecule has 0 saturated heterocycles. The molecule has 0 aliphatic heterocycles. The van der Waals surface area contributed by atoms with E-state index in [1.807, 2.05) is 34.6 Å². The third-order valence-corrected chi connectivity index (χ3v) is 4.20. The highest BCUT2D eigenvalue weighted by atomic mass is 32.1. The van der Waals surface area contributed by atoms with Crippen LogP contribution in [-0.4, -0.2) is 29.6 Å². The highest BCUT2D eigenvalue weighted by Gasteiger charge is 2.23. The minimum Gasteiger partial charge on any atom is -0.491 e. The zero-order chi connectivity index (χ0) is 16.2. The fourth-order valence-corrected chi connectivity index (χ4v) is 2.65. The molecule has 1 amide bonds. The Bertz CT molecular complexity index is 514. The normalized spacial score (nSPS) is 11.5. The number of hydrogen-bond donors (Lipinski definition) is 2. The van der Waals surface area contributed by atoms with Gasteiger partial charge < -0.3 is 15.2 Å². The number of carboxylic acid groups (broad SMARTS) is 1. The van der Waals surface area contributed by atoms with Crippen molar-refractivity contribution >= 4 is 23.2 Å². The van der Waals surface area contributed by atoms with Gasteiger partial charge in [0.15, 0.2) is 4.88 Å². The first kappa shape index (κ1) is 17.5. The Morgan fingerprint density at radius 1 is 1.38 bits per heavy atom. The summed E-state index contributed by atoms with van der Waals surface area (Å²) in [5.41, 5.74) is -0.133. The van der Waals surface area contributed by atoms with Gasteiger partial charge in [0.2, 0.25) is 5.91 Å². The van der Waals surface area contributed by atoms with Gasteiger partial charge in [0, 0.05) is 10.9 Å². The zero-order valence-electron chi connectivity index (χ0n) is 13.1. The van der Waals surface area contributed by atoms with Crippen molar-refractivity contribution in [3.8, 4) is 5.75 Å². The predicted molar refractivity (Wildman–Crippen MR) is 83.4 cm³/mol.